The summed E-state index contributed by atoms with van der Waals surface area (Å²) >= 11 is 3.60. The summed E-state index contributed by atoms with van der Waals surface area (Å²) < 4.78 is 6.63. The summed E-state index contributed by atoms with van der Waals surface area (Å²) in [6.07, 6.45) is 0.927. The topological polar surface area (TPSA) is 70.2 Å². The molecule has 0 fully saturated rings. The third kappa shape index (κ3) is 5.10. The summed E-state index contributed by atoms with van der Waals surface area (Å²) in [6, 6.07) is 7.50. The number of rotatable bonds is 9. The minimum absolute atomic E-state index is 0.0931. The molecule has 3 rings (SSSR count). The van der Waals surface area contributed by atoms with Crippen molar-refractivity contribution >= 4 is 32.9 Å². The maximum atomic E-state index is 12.6. The molecule has 1 amide bonds. The zero-order chi connectivity index (χ0) is 22.5. The first-order valence-corrected chi connectivity index (χ1v) is 11.5. The van der Waals surface area contributed by atoms with E-state index in [0.717, 1.165) is 58.5 Å². The van der Waals surface area contributed by atoms with Crippen LogP contribution in [0, 0.1) is 13.8 Å². The van der Waals surface area contributed by atoms with E-state index in [1.807, 2.05) is 18.2 Å². The predicted octanol–water partition coefficient (Wildman–Crippen LogP) is 5.08. The summed E-state index contributed by atoms with van der Waals surface area (Å²) in [6.45, 7) is 12.2. The molecule has 166 valence electrons. The molecule has 2 N–H and O–H groups in total. The molecule has 2 aromatic carbocycles. The minimum atomic E-state index is -0.0931. The lowest BCUT2D eigenvalue weighted by Gasteiger charge is -2.17. The van der Waals surface area contributed by atoms with E-state index in [1.165, 1.54) is 5.56 Å². The van der Waals surface area contributed by atoms with Gasteiger partial charge < -0.3 is 19.9 Å². The molecule has 0 radical (unpaired) electrons. The largest absolute Gasteiger partial charge is 0.496 e. The number of aromatic amines is 1. The van der Waals surface area contributed by atoms with Gasteiger partial charge in [-0.15, -0.1) is 0 Å². The molecular weight excluding hydrogens is 456 g/mol. The Morgan fingerprint density at radius 3 is 2.61 bits per heavy atom. The van der Waals surface area contributed by atoms with E-state index in [1.54, 1.807) is 13.2 Å². The second-order valence-electron chi connectivity index (χ2n) is 7.64. The Balaban J connectivity index is 1.78. The number of carbonyl (C=O) groups is 1. The number of H-pyrrole nitrogens is 1. The normalized spacial score (nSPS) is 11.3. The van der Waals surface area contributed by atoms with E-state index in [9.17, 15) is 4.79 Å². The monoisotopic (exact) mass is 486 g/mol. The van der Waals surface area contributed by atoms with Gasteiger partial charge >= 0.3 is 0 Å². The molecule has 0 saturated carbocycles. The molecule has 0 unspecified atom stereocenters. The number of nitrogens with one attached hydrogen (secondary N) is 2. The van der Waals surface area contributed by atoms with Gasteiger partial charge in [-0.05, 0) is 75.3 Å². The first-order valence-electron chi connectivity index (χ1n) is 10.7. The fraction of sp³-hybridized carbons (Fsp3) is 0.417. The van der Waals surface area contributed by atoms with Gasteiger partial charge in [0.1, 0.15) is 11.6 Å². The van der Waals surface area contributed by atoms with Crippen molar-refractivity contribution < 1.29 is 9.53 Å². The van der Waals surface area contributed by atoms with Crippen molar-refractivity contribution in [3.8, 4) is 17.1 Å². The van der Waals surface area contributed by atoms with Gasteiger partial charge in [-0.1, -0.05) is 29.8 Å². The van der Waals surface area contributed by atoms with Crippen LogP contribution in [0.2, 0.25) is 0 Å². The van der Waals surface area contributed by atoms with Crippen LogP contribution in [-0.4, -0.2) is 54.1 Å². The number of aryl methyl sites for hydroxylation is 1. The van der Waals surface area contributed by atoms with Crippen LogP contribution in [-0.2, 0) is 0 Å². The quantitative estimate of drug-likeness (QED) is 0.413. The second-order valence-corrected chi connectivity index (χ2v) is 8.49. The highest BCUT2D eigenvalue weighted by Gasteiger charge is 2.16. The summed E-state index contributed by atoms with van der Waals surface area (Å²) in [4.78, 5) is 23.1. The molecule has 0 aliphatic rings. The van der Waals surface area contributed by atoms with Crippen LogP contribution in [0.1, 0.15) is 41.8 Å². The Hall–Kier alpha value is -2.38. The van der Waals surface area contributed by atoms with E-state index in [4.69, 9.17) is 9.72 Å². The molecule has 0 bridgehead atoms. The molecule has 7 heteroatoms. The smallest absolute Gasteiger partial charge is 0.251 e. The molecule has 0 aliphatic heterocycles. The Labute approximate surface area is 192 Å². The molecule has 0 saturated heterocycles. The van der Waals surface area contributed by atoms with Crippen molar-refractivity contribution in [2.75, 3.05) is 33.3 Å². The lowest BCUT2D eigenvalue weighted by molar-refractivity contribution is 0.0951. The first kappa shape index (κ1) is 23.3. The average molecular weight is 487 g/mol. The van der Waals surface area contributed by atoms with Gasteiger partial charge in [0, 0.05) is 16.6 Å². The Kier molecular flexibility index (Phi) is 7.73. The average Bonchev–Trinajstić information content (AvgIpc) is 3.20. The fourth-order valence-electron chi connectivity index (χ4n) is 3.67. The van der Waals surface area contributed by atoms with E-state index in [0.29, 0.717) is 17.9 Å². The highest BCUT2D eigenvalue weighted by atomic mass is 79.9. The fourth-order valence-corrected chi connectivity index (χ4v) is 4.19. The molecule has 0 spiro atoms. The van der Waals surface area contributed by atoms with Gasteiger partial charge in [0.05, 0.1) is 23.7 Å². The highest BCUT2D eigenvalue weighted by Crippen LogP contribution is 2.33. The number of methoxy groups -OCH3 is 1. The summed E-state index contributed by atoms with van der Waals surface area (Å²) in [7, 11) is 1.61. The number of hydrogen-bond acceptors (Lipinski definition) is 4. The number of aromatic nitrogens is 2. The molecule has 3 aromatic rings. The lowest BCUT2D eigenvalue weighted by Crippen LogP contribution is -2.29. The number of amides is 1. The number of nitrogens with zero attached hydrogens (tertiary/aromatic N) is 2. The van der Waals surface area contributed by atoms with E-state index >= 15 is 0 Å². The maximum Gasteiger partial charge on any atom is 0.251 e. The van der Waals surface area contributed by atoms with Crippen LogP contribution in [0.25, 0.3) is 22.4 Å². The standard InChI is InChI=1S/C24H31BrN4O2/c1-6-29(7-2)12-8-11-26-24(30)17-9-10-18(21(13-17)31-5)23-27-20-14-19(25)15(3)16(4)22(20)28-23/h9-10,13-14H,6-8,11-12H2,1-5H3,(H,26,30)(H,27,28). The zero-order valence-electron chi connectivity index (χ0n) is 18.9. The van der Waals surface area contributed by atoms with E-state index in [-0.39, 0.29) is 5.91 Å². The van der Waals surface area contributed by atoms with Crippen LogP contribution in [0.4, 0.5) is 0 Å². The first-order chi connectivity index (χ1) is 14.9. The van der Waals surface area contributed by atoms with E-state index in [2.05, 4.69) is 58.8 Å². The van der Waals surface area contributed by atoms with Crippen LogP contribution in [0.5, 0.6) is 5.75 Å². The number of halogens is 1. The predicted molar refractivity (Wildman–Crippen MR) is 130 cm³/mol. The van der Waals surface area contributed by atoms with Gasteiger partial charge in [-0.25, -0.2) is 4.98 Å². The van der Waals surface area contributed by atoms with Crippen molar-refractivity contribution in [1.82, 2.24) is 20.2 Å². The summed E-state index contributed by atoms with van der Waals surface area (Å²) in [5, 5.41) is 3.00. The molecular formula is C24H31BrN4O2. The molecule has 0 atom stereocenters. The third-order valence-corrected chi connectivity index (χ3v) is 6.66. The van der Waals surface area contributed by atoms with E-state index < -0.39 is 0 Å². The van der Waals surface area contributed by atoms with Gasteiger partial charge in [-0.3, -0.25) is 4.79 Å². The number of carbonyl (C=O) groups excluding carboxylic acids is 1. The SMILES string of the molecule is CCN(CC)CCCNC(=O)c1ccc(-c2nc3cc(Br)c(C)c(C)c3[nH]2)c(OC)c1. The Morgan fingerprint density at radius 2 is 1.94 bits per heavy atom. The number of imidazole rings is 1. The van der Waals surface area contributed by atoms with Crippen LogP contribution in [0.15, 0.2) is 28.7 Å². The maximum absolute atomic E-state index is 12.6. The Bertz CT molecular complexity index is 1070. The van der Waals surface area contributed by atoms with Crippen molar-refractivity contribution in [2.24, 2.45) is 0 Å². The van der Waals surface area contributed by atoms with Gasteiger partial charge in [0.15, 0.2) is 0 Å². The number of benzene rings is 2. The summed E-state index contributed by atoms with van der Waals surface area (Å²) in [5.74, 6) is 1.24. The number of fused-ring (bicyclic) bond motifs is 1. The van der Waals surface area contributed by atoms with Gasteiger partial charge in [-0.2, -0.15) is 0 Å². The van der Waals surface area contributed by atoms with Crippen molar-refractivity contribution in [2.45, 2.75) is 34.1 Å². The van der Waals surface area contributed by atoms with Crippen LogP contribution >= 0.6 is 15.9 Å². The minimum Gasteiger partial charge on any atom is -0.496 e. The van der Waals surface area contributed by atoms with Crippen molar-refractivity contribution in [3.63, 3.8) is 0 Å². The van der Waals surface area contributed by atoms with Gasteiger partial charge in [0.25, 0.3) is 5.91 Å². The van der Waals surface area contributed by atoms with Gasteiger partial charge in [0.2, 0.25) is 0 Å². The van der Waals surface area contributed by atoms with Crippen molar-refractivity contribution in [1.29, 1.82) is 0 Å². The Morgan fingerprint density at radius 1 is 1.19 bits per heavy atom. The third-order valence-electron chi connectivity index (χ3n) is 5.84. The molecule has 1 heterocycles. The number of ether oxygens (including phenoxy) is 1. The van der Waals surface area contributed by atoms with Crippen LogP contribution in [0.3, 0.4) is 0 Å². The summed E-state index contributed by atoms with van der Waals surface area (Å²) in [5.41, 5.74) is 5.64. The highest BCUT2D eigenvalue weighted by molar-refractivity contribution is 9.10. The lowest BCUT2D eigenvalue weighted by atomic mass is 10.1. The molecule has 0 aliphatic carbocycles. The van der Waals surface area contributed by atoms with Crippen LogP contribution < -0.4 is 10.1 Å². The molecule has 1 aromatic heterocycles. The number of hydrogen-bond donors (Lipinski definition) is 2. The zero-order valence-corrected chi connectivity index (χ0v) is 20.5. The second kappa shape index (κ2) is 10.3. The molecule has 6 nitrogen and oxygen atoms in total. The van der Waals surface area contributed by atoms with Crippen molar-refractivity contribution in [3.05, 3.63) is 45.4 Å². The molecule has 31 heavy (non-hydrogen) atoms.